The highest BCUT2D eigenvalue weighted by molar-refractivity contribution is 5.90. The van der Waals surface area contributed by atoms with Crippen molar-refractivity contribution >= 4 is 5.97 Å². The van der Waals surface area contributed by atoms with Crippen LogP contribution in [0, 0.1) is 5.82 Å². The molecule has 0 aliphatic heterocycles. The summed E-state index contributed by atoms with van der Waals surface area (Å²) < 4.78 is 31.5. The van der Waals surface area contributed by atoms with Crippen molar-refractivity contribution in [3.63, 3.8) is 0 Å². The zero-order valence-electron chi connectivity index (χ0n) is 17.8. The molecule has 6 nitrogen and oxygen atoms in total. The maximum absolute atomic E-state index is 13.6. The first-order valence-electron chi connectivity index (χ1n) is 10.3. The Balaban J connectivity index is 1.70. The largest absolute Gasteiger partial charge is 0.494 e. The first kappa shape index (κ1) is 22.5. The van der Waals surface area contributed by atoms with Gasteiger partial charge in [-0.2, -0.15) is 5.10 Å². The molecule has 31 heavy (non-hydrogen) atoms. The molecular formula is C24H27FN2O4. The van der Waals surface area contributed by atoms with Crippen LogP contribution in [0.25, 0.3) is 5.69 Å². The Hall–Kier alpha value is -3.19. The van der Waals surface area contributed by atoms with Gasteiger partial charge in [-0.15, -0.1) is 0 Å². The van der Waals surface area contributed by atoms with Crippen LogP contribution in [-0.4, -0.2) is 36.1 Å². The molecule has 164 valence electrons. The predicted molar refractivity (Wildman–Crippen MR) is 115 cm³/mol. The number of ether oxygens (including phenoxy) is 3. The number of rotatable bonds is 11. The molecule has 7 heteroatoms. The summed E-state index contributed by atoms with van der Waals surface area (Å²) in [7, 11) is 1.47. The molecule has 1 heterocycles. The number of methoxy groups -OCH3 is 1. The van der Waals surface area contributed by atoms with Gasteiger partial charge >= 0.3 is 5.97 Å². The van der Waals surface area contributed by atoms with E-state index in [9.17, 15) is 9.18 Å². The lowest BCUT2D eigenvalue weighted by Gasteiger charge is -2.13. The Morgan fingerprint density at radius 2 is 1.94 bits per heavy atom. The molecule has 0 bridgehead atoms. The molecule has 3 aromatic rings. The van der Waals surface area contributed by atoms with E-state index >= 15 is 0 Å². The first-order chi connectivity index (χ1) is 15.1. The van der Waals surface area contributed by atoms with Crippen molar-refractivity contribution in [3.8, 4) is 11.4 Å². The van der Waals surface area contributed by atoms with E-state index in [1.165, 1.54) is 25.4 Å². The van der Waals surface area contributed by atoms with Crippen LogP contribution in [0.15, 0.2) is 54.7 Å². The molecule has 0 N–H and O–H groups in total. The highest BCUT2D eigenvalue weighted by atomic mass is 19.1. The summed E-state index contributed by atoms with van der Waals surface area (Å²) in [5, 5.41) is 4.36. The van der Waals surface area contributed by atoms with Crippen LogP contribution in [0.3, 0.4) is 0 Å². The Bertz CT molecular complexity index is 988. The molecule has 0 aliphatic rings. The Kier molecular flexibility index (Phi) is 8.18. The molecule has 1 aromatic heterocycles. The fourth-order valence-electron chi connectivity index (χ4n) is 3.29. The van der Waals surface area contributed by atoms with Crippen molar-refractivity contribution in [1.29, 1.82) is 0 Å². The first-order valence-corrected chi connectivity index (χ1v) is 10.3. The van der Waals surface area contributed by atoms with Crippen molar-refractivity contribution in [1.82, 2.24) is 9.78 Å². The summed E-state index contributed by atoms with van der Waals surface area (Å²) in [6.45, 7) is 3.21. The normalized spacial score (nSPS) is 10.8. The average Bonchev–Trinajstić information content (AvgIpc) is 3.20. The summed E-state index contributed by atoms with van der Waals surface area (Å²) in [5.74, 6) is -0.494. The molecule has 0 saturated heterocycles. The summed E-state index contributed by atoms with van der Waals surface area (Å²) in [6.07, 6.45) is 3.68. The van der Waals surface area contributed by atoms with Crippen molar-refractivity contribution in [2.45, 2.75) is 32.8 Å². The van der Waals surface area contributed by atoms with Crippen LogP contribution in [0.2, 0.25) is 0 Å². The third kappa shape index (κ3) is 5.92. The highest BCUT2D eigenvalue weighted by Crippen LogP contribution is 2.27. The van der Waals surface area contributed by atoms with Gasteiger partial charge in [-0.3, -0.25) is 0 Å². The maximum atomic E-state index is 13.6. The predicted octanol–water partition coefficient (Wildman–Crippen LogP) is 4.74. The lowest BCUT2D eigenvalue weighted by atomic mass is 10.1. The number of hydrogen-bond donors (Lipinski definition) is 0. The van der Waals surface area contributed by atoms with Crippen LogP contribution in [0.1, 0.15) is 41.4 Å². The van der Waals surface area contributed by atoms with Gasteiger partial charge in [0.1, 0.15) is 22.8 Å². The molecule has 0 saturated carbocycles. The fourth-order valence-corrected chi connectivity index (χ4v) is 3.29. The van der Waals surface area contributed by atoms with Crippen molar-refractivity contribution in [2.75, 3.05) is 20.3 Å². The third-order valence-electron chi connectivity index (χ3n) is 4.80. The number of carbonyl (C=O) groups is 1. The van der Waals surface area contributed by atoms with Crippen molar-refractivity contribution in [2.24, 2.45) is 0 Å². The van der Waals surface area contributed by atoms with E-state index < -0.39 is 11.8 Å². The van der Waals surface area contributed by atoms with Crippen LogP contribution in [0.5, 0.6) is 5.75 Å². The molecule has 0 fully saturated rings. The quantitative estimate of drug-likeness (QED) is 0.327. The van der Waals surface area contributed by atoms with Gasteiger partial charge in [0, 0.05) is 12.7 Å². The number of benzene rings is 2. The minimum Gasteiger partial charge on any atom is -0.494 e. The van der Waals surface area contributed by atoms with Gasteiger partial charge in [-0.1, -0.05) is 30.3 Å². The molecule has 0 aliphatic carbocycles. The van der Waals surface area contributed by atoms with Gasteiger partial charge < -0.3 is 14.2 Å². The van der Waals surface area contributed by atoms with Gasteiger partial charge in [0.05, 0.1) is 32.2 Å². The number of unbranched alkanes of at least 4 members (excludes halogenated alkanes) is 1. The number of halogens is 1. The fraction of sp³-hybridized carbons (Fsp3) is 0.333. The average molecular weight is 426 g/mol. The summed E-state index contributed by atoms with van der Waals surface area (Å²) in [6, 6.07) is 14.2. The second-order valence-electron chi connectivity index (χ2n) is 6.95. The molecule has 3 rings (SSSR count). The highest BCUT2D eigenvalue weighted by Gasteiger charge is 2.21. The van der Waals surface area contributed by atoms with Crippen LogP contribution in [-0.2, 0) is 22.5 Å². The van der Waals surface area contributed by atoms with Gasteiger partial charge in [-0.05, 0) is 43.9 Å². The smallest absolute Gasteiger partial charge is 0.341 e. The van der Waals surface area contributed by atoms with Crippen LogP contribution < -0.4 is 4.74 Å². The van der Waals surface area contributed by atoms with E-state index in [0.717, 1.165) is 18.4 Å². The second kappa shape index (κ2) is 11.3. The maximum Gasteiger partial charge on any atom is 0.341 e. The number of carbonyl (C=O) groups excluding carboxylic acids is 1. The van der Waals surface area contributed by atoms with E-state index in [2.05, 4.69) is 5.10 Å². The molecule has 0 amide bonds. The Labute approximate surface area is 181 Å². The molecule has 2 aromatic carbocycles. The summed E-state index contributed by atoms with van der Waals surface area (Å²) in [4.78, 5) is 12.4. The van der Waals surface area contributed by atoms with Gasteiger partial charge in [0.15, 0.2) is 0 Å². The van der Waals surface area contributed by atoms with Crippen LogP contribution >= 0.6 is 0 Å². The van der Waals surface area contributed by atoms with Crippen LogP contribution in [0.4, 0.5) is 4.39 Å². The molecular weight excluding hydrogens is 399 g/mol. The van der Waals surface area contributed by atoms with Gasteiger partial charge in [0.25, 0.3) is 0 Å². The lowest BCUT2D eigenvalue weighted by Crippen LogP contribution is -2.11. The SMILES string of the molecule is CCOC(=O)c1cnn(-c2ccc(F)cc2OC)c1CCCCOCc1ccccc1. The minimum absolute atomic E-state index is 0.274. The topological polar surface area (TPSA) is 62.6 Å². The number of nitrogens with zero attached hydrogens (tertiary/aromatic N) is 2. The standard InChI is InChI=1S/C24H27FN2O4/c1-3-31-24(28)20-16-26-27(22-13-12-19(25)15-23(22)29-2)21(20)11-7-8-14-30-17-18-9-5-4-6-10-18/h4-6,9-10,12-13,15-16H,3,7-8,11,14,17H2,1-2H3. The molecule has 0 unspecified atom stereocenters. The number of esters is 1. The Morgan fingerprint density at radius 3 is 2.68 bits per heavy atom. The molecule has 0 atom stereocenters. The third-order valence-corrected chi connectivity index (χ3v) is 4.80. The number of aromatic nitrogens is 2. The van der Waals surface area contributed by atoms with Gasteiger partial charge in [-0.25, -0.2) is 13.9 Å². The molecule has 0 radical (unpaired) electrons. The Morgan fingerprint density at radius 1 is 1.13 bits per heavy atom. The van der Waals surface area contributed by atoms with E-state index in [0.29, 0.717) is 42.3 Å². The van der Waals surface area contributed by atoms with E-state index in [1.807, 2.05) is 30.3 Å². The van der Waals surface area contributed by atoms with Gasteiger partial charge in [0.2, 0.25) is 0 Å². The zero-order chi connectivity index (χ0) is 22.1. The summed E-state index contributed by atoms with van der Waals surface area (Å²) in [5.41, 5.74) is 2.80. The van der Waals surface area contributed by atoms with E-state index in [4.69, 9.17) is 14.2 Å². The van der Waals surface area contributed by atoms with E-state index in [1.54, 1.807) is 17.7 Å². The summed E-state index contributed by atoms with van der Waals surface area (Å²) >= 11 is 0. The monoisotopic (exact) mass is 426 g/mol. The molecule has 0 spiro atoms. The lowest BCUT2D eigenvalue weighted by molar-refractivity contribution is 0.0525. The zero-order valence-corrected chi connectivity index (χ0v) is 17.8. The minimum atomic E-state index is -0.426. The van der Waals surface area contributed by atoms with Crippen molar-refractivity contribution in [3.05, 3.63) is 77.4 Å². The number of hydrogen-bond acceptors (Lipinski definition) is 5. The van der Waals surface area contributed by atoms with Crippen molar-refractivity contribution < 1.29 is 23.4 Å². The second-order valence-corrected chi connectivity index (χ2v) is 6.95. The van der Waals surface area contributed by atoms with E-state index in [-0.39, 0.29) is 6.61 Å².